The van der Waals surface area contributed by atoms with Crippen LogP contribution in [-0.4, -0.2) is 49.7 Å². The Morgan fingerprint density at radius 3 is 2.50 bits per heavy atom. The third-order valence-electron chi connectivity index (χ3n) is 6.92. The summed E-state index contributed by atoms with van der Waals surface area (Å²) in [5.74, 6) is 1.76. The zero-order valence-electron chi connectivity index (χ0n) is 20.3. The second kappa shape index (κ2) is 9.63. The molecule has 6 nitrogen and oxygen atoms in total. The molecule has 1 aliphatic carbocycles. The molecule has 34 heavy (non-hydrogen) atoms. The van der Waals surface area contributed by atoms with E-state index in [1.165, 1.54) is 17.5 Å². The van der Waals surface area contributed by atoms with E-state index >= 15 is 0 Å². The number of carbonyl (C=O) groups excluding carboxylic acids is 1. The Kier molecular flexibility index (Phi) is 6.42. The molecule has 2 aliphatic rings. The van der Waals surface area contributed by atoms with Crippen LogP contribution in [0.15, 0.2) is 42.5 Å². The Morgan fingerprint density at radius 1 is 1.06 bits per heavy atom. The fourth-order valence-corrected chi connectivity index (χ4v) is 5.13. The Balaban J connectivity index is 1.50. The van der Waals surface area contributed by atoms with Crippen LogP contribution in [0.4, 0.5) is 5.82 Å². The maximum atomic E-state index is 13.5. The number of methoxy groups -OCH3 is 1. The molecule has 2 aromatic carbocycles. The minimum absolute atomic E-state index is 0.0482. The predicted octanol–water partition coefficient (Wildman–Crippen LogP) is 4.51. The van der Waals surface area contributed by atoms with E-state index in [1.54, 1.807) is 7.11 Å². The fourth-order valence-electron chi connectivity index (χ4n) is 5.13. The first kappa shape index (κ1) is 22.7. The van der Waals surface area contributed by atoms with E-state index in [0.29, 0.717) is 19.7 Å². The predicted molar refractivity (Wildman–Crippen MR) is 134 cm³/mol. The number of nitrogens with zero attached hydrogens (tertiary/aromatic N) is 3. The number of anilines is 1. The first-order valence-corrected chi connectivity index (χ1v) is 12.2. The Labute approximate surface area is 201 Å². The number of aromatic nitrogens is 1. The van der Waals surface area contributed by atoms with Crippen LogP contribution in [-0.2, 0) is 35.5 Å². The summed E-state index contributed by atoms with van der Waals surface area (Å²) in [4.78, 5) is 22.5. The molecule has 6 heteroatoms. The number of benzene rings is 2. The largest absolute Gasteiger partial charge is 0.497 e. The Morgan fingerprint density at radius 2 is 1.82 bits per heavy atom. The molecule has 0 saturated carbocycles. The van der Waals surface area contributed by atoms with Gasteiger partial charge in [-0.25, -0.2) is 4.98 Å². The highest BCUT2D eigenvalue weighted by molar-refractivity contribution is 5.85. The molecular weight excluding hydrogens is 426 g/mol. The lowest BCUT2D eigenvalue weighted by molar-refractivity contribution is -0.142. The van der Waals surface area contributed by atoms with Crippen molar-refractivity contribution in [1.29, 1.82) is 0 Å². The Bertz CT molecular complexity index is 1180. The van der Waals surface area contributed by atoms with Crippen LogP contribution < -0.4 is 9.64 Å². The number of amides is 1. The van der Waals surface area contributed by atoms with Crippen LogP contribution in [0.1, 0.15) is 41.5 Å². The first-order valence-electron chi connectivity index (χ1n) is 12.2. The second-order valence-corrected chi connectivity index (χ2v) is 9.58. The molecule has 1 fully saturated rings. The van der Waals surface area contributed by atoms with E-state index in [1.807, 2.05) is 48.2 Å². The quantitative estimate of drug-likeness (QED) is 0.521. The number of aryl methyl sites for hydroxylation is 2. The van der Waals surface area contributed by atoms with Crippen LogP contribution in [0.25, 0.3) is 10.9 Å². The lowest BCUT2D eigenvalue weighted by Crippen LogP contribution is -2.38. The highest BCUT2D eigenvalue weighted by Crippen LogP contribution is 2.31. The third-order valence-corrected chi connectivity index (χ3v) is 6.92. The molecule has 0 unspecified atom stereocenters. The summed E-state index contributed by atoms with van der Waals surface area (Å²) in [7, 11) is 5.69. The monoisotopic (exact) mass is 459 g/mol. The molecule has 1 atom stereocenters. The minimum Gasteiger partial charge on any atom is -0.497 e. The number of hydrogen-bond donors (Lipinski definition) is 0. The number of hydrogen-bond acceptors (Lipinski definition) is 5. The van der Waals surface area contributed by atoms with Gasteiger partial charge < -0.3 is 19.3 Å². The molecule has 178 valence electrons. The van der Waals surface area contributed by atoms with E-state index < -0.39 is 0 Å². The molecule has 0 spiro atoms. The second-order valence-electron chi connectivity index (χ2n) is 9.58. The molecule has 1 saturated heterocycles. The summed E-state index contributed by atoms with van der Waals surface area (Å²) < 4.78 is 11.1. The van der Waals surface area contributed by atoms with Crippen molar-refractivity contribution in [3.63, 3.8) is 0 Å². The van der Waals surface area contributed by atoms with Gasteiger partial charge in [0.2, 0.25) is 0 Å². The summed E-state index contributed by atoms with van der Waals surface area (Å²) in [6.45, 7) is 1.65. The van der Waals surface area contributed by atoms with Crippen molar-refractivity contribution >= 4 is 22.6 Å². The average Bonchev–Trinajstić information content (AvgIpc) is 3.54. The first-order chi connectivity index (χ1) is 16.5. The number of pyridine rings is 1. The van der Waals surface area contributed by atoms with Gasteiger partial charge in [0.05, 0.1) is 12.6 Å². The lowest BCUT2D eigenvalue weighted by Gasteiger charge is -2.28. The van der Waals surface area contributed by atoms with Crippen LogP contribution in [0, 0.1) is 0 Å². The van der Waals surface area contributed by atoms with Crippen molar-refractivity contribution in [1.82, 2.24) is 9.88 Å². The summed E-state index contributed by atoms with van der Waals surface area (Å²) in [6, 6.07) is 14.7. The molecule has 2 heterocycles. The van der Waals surface area contributed by atoms with Gasteiger partial charge in [0.1, 0.15) is 17.7 Å². The van der Waals surface area contributed by atoms with Crippen molar-refractivity contribution in [2.45, 2.75) is 51.3 Å². The topological polar surface area (TPSA) is 54.9 Å². The smallest absolute Gasteiger partial charge is 0.252 e. The van der Waals surface area contributed by atoms with Crippen LogP contribution in [0.5, 0.6) is 5.75 Å². The number of ether oxygens (including phenoxy) is 2. The molecule has 0 N–H and O–H groups in total. The van der Waals surface area contributed by atoms with E-state index in [2.05, 4.69) is 18.2 Å². The van der Waals surface area contributed by atoms with Gasteiger partial charge in [-0.3, -0.25) is 4.79 Å². The summed E-state index contributed by atoms with van der Waals surface area (Å²) in [5, 5.41) is 1.15. The van der Waals surface area contributed by atoms with Crippen molar-refractivity contribution in [3.05, 3.63) is 64.7 Å². The number of fused-ring (bicyclic) bond motifs is 2. The number of rotatable bonds is 7. The van der Waals surface area contributed by atoms with E-state index in [4.69, 9.17) is 14.5 Å². The fraction of sp³-hybridized carbons (Fsp3) is 0.429. The average molecular weight is 460 g/mol. The third kappa shape index (κ3) is 4.60. The molecule has 1 aliphatic heterocycles. The summed E-state index contributed by atoms with van der Waals surface area (Å²) in [5.41, 5.74) is 6.00. The van der Waals surface area contributed by atoms with Crippen molar-refractivity contribution in [2.75, 3.05) is 32.7 Å². The van der Waals surface area contributed by atoms with Crippen LogP contribution in [0.3, 0.4) is 0 Å². The van der Waals surface area contributed by atoms with Gasteiger partial charge in [0.15, 0.2) is 0 Å². The minimum atomic E-state index is -0.363. The summed E-state index contributed by atoms with van der Waals surface area (Å²) >= 11 is 0. The number of carbonyl (C=O) groups is 1. The van der Waals surface area contributed by atoms with Gasteiger partial charge in [-0.15, -0.1) is 0 Å². The highest BCUT2D eigenvalue weighted by atomic mass is 16.5. The van der Waals surface area contributed by atoms with Crippen molar-refractivity contribution in [3.8, 4) is 5.75 Å². The van der Waals surface area contributed by atoms with Gasteiger partial charge in [-0.05, 0) is 79.1 Å². The van der Waals surface area contributed by atoms with Gasteiger partial charge in [0, 0.05) is 44.7 Å². The Hall–Kier alpha value is -3.12. The summed E-state index contributed by atoms with van der Waals surface area (Å²) in [6.07, 6.45) is 4.83. The van der Waals surface area contributed by atoms with Crippen molar-refractivity contribution in [2.24, 2.45) is 0 Å². The molecule has 0 bridgehead atoms. The zero-order chi connectivity index (χ0) is 23.7. The van der Waals surface area contributed by atoms with E-state index in [-0.39, 0.29) is 12.0 Å². The molecule has 5 rings (SSSR count). The molecule has 3 aromatic rings. The lowest BCUT2D eigenvalue weighted by atomic mass is 10.0. The maximum Gasteiger partial charge on any atom is 0.252 e. The molecular formula is C28H33N3O3. The normalized spacial score (nSPS) is 17.1. The van der Waals surface area contributed by atoms with Gasteiger partial charge >= 0.3 is 0 Å². The van der Waals surface area contributed by atoms with Gasteiger partial charge in [-0.2, -0.15) is 0 Å². The van der Waals surface area contributed by atoms with Gasteiger partial charge in [-0.1, -0.05) is 12.1 Å². The van der Waals surface area contributed by atoms with E-state index in [0.717, 1.165) is 59.3 Å². The van der Waals surface area contributed by atoms with Crippen molar-refractivity contribution < 1.29 is 14.3 Å². The standard InChI is InChI=1S/C28H33N3O3/c1-30(2)27-23(15-22-14-20-6-4-7-21(20)16-25(22)29-27)18-31(28(32)26-8-5-13-34-26)17-19-9-11-24(33-3)12-10-19/h9-12,14-16,26H,4-8,13,17-18H2,1-3H3/t26-/m1/s1. The SMILES string of the molecule is COc1ccc(CN(Cc2cc3cc4c(cc3nc2N(C)C)CCC4)C(=O)[C@H]2CCCO2)cc1. The molecule has 1 amide bonds. The van der Waals surface area contributed by atoms with Crippen LogP contribution in [0.2, 0.25) is 0 Å². The van der Waals surface area contributed by atoms with Crippen LogP contribution >= 0.6 is 0 Å². The highest BCUT2D eigenvalue weighted by Gasteiger charge is 2.29. The zero-order valence-corrected chi connectivity index (χ0v) is 20.3. The van der Waals surface area contributed by atoms with Gasteiger partial charge in [0.25, 0.3) is 5.91 Å². The molecule has 1 aromatic heterocycles. The van der Waals surface area contributed by atoms with E-state index in [9.17, 15) is 4.79 Å². The maximum absolute atomic E-state index is 13.5. The molecule has 0 radical (unpaired) electrons.